The van der Waals surface area contributed by atoms with Gasteiger partial charge >= 0.3 is 5.69 Å². The van der Waals surface area contributed by atoms with Gasteiger partial charge in [0, 0.05) is 56.3 Å². The average Bonchev–Trinajstić information content (AvgIpc) is 2.95. The second kappa shape index (κ2) is 12.6. The van der Waals surface area contributed by atoms with Crippen LogP contribution < -0.4 is 26.6 Å². The lowest BCUT2D eigenvalue weighted by atomic mass is 10.1. The Hall–Kier alpha value is -4.03. The number of halogens is 2. The summed E-state index contributed by atoms with van der Waals surface area (Å²) in [5.74, 6) is -0.324. The number of aryl methyl sites for hydroxylation is 1. The summed E-state index contributed by atoms with van der Waals surface area (Å²) >= 11 is 13.5. The topological polar surface area (TPSA) is 140 Å². The maximum Gasteiger partial charge on any atom is 0.330 e. The highest BCUT2D eigenvalue weighted by Crippen LogP contribution is 2.40. The fourth-order valence-corrected chi connectivity index (χ4v) is 4.71. The van der Waals surface area contributed by atoms with E-state index in [1.165, 1.54) is 27.4 Å². The van der Waals surface area contributed by atoms with Crippen molar-refractivity contribution >= 4 is 34.8 Å². The third-order valence-electron chi connectivity index (χ3n) is 6.25. The minimum atomic E-state index is -0.733. The second-order valence-electron chi connectivity index (χ2n) is 9.29. The number of nitrogens with zero attached hydrogens (tertiary/aromatic N) is 4. The third-order valence-corrected chi connectivity index (χ3v) is 7.04. The van der Waals surface area contributed by atoms with Crippen molar-refractivity contribution in [2.24, 2.45) is 14.1 Å². The first-order chi connectivity index (χ1) is 19.5. The number of amides is 1. The second-order valence-corrected chi connectivity index (χ2v) is 10.0. The van der Waals surface area contributed by atoms with Gasteiger partial charge in [-0.25, -0.2) is 9.78 Å². The van der Waals surface area contributed by atoms with Gasteiger partial charge in [-0.05, 0) is 25.1 Å². The Morgan fingerprint density at radius 2 is 1.85 bits per heavy atom. The standard InChI is InChI=1S/C28H28Cl2N6O5/c1-15(37)12-31-13-16-8-9-20(34-26(16)41-4)17-10-11-32-24(23(17)30)18-6-5-7-21(22(18)29)33-25(38)19-14-35(2)28(40)36(3)27(19)39/h5-11,14-15,31,37H,12-13H2,1-4H3,(H,33,38). The van der Waals surface area contributed by atoms with E-state index in [0.29, 0.717) is 41.5 Å². The molecular formula is C28H28Cl2N6O5. The number of carbonyl (C=O) groups is 1. The molecule has 3 N–H and O–H groups in total. The Kier molecular flexibility index (Phi) is 9.24. The zero-order chi connectivity index (χ0) is 29.8. The summed E-state index contributed by atoms with van der Waals surface area (Å²) in [6.45, 7) is 2.57. The minimum absolute atomic E-state index is 0.152. The monoisotopic (exact) mass is 598 g/mol. The molecule has 4 aromatic rings. The zero-order valence-electron chi connectivity index (χ0n) is 22.7. The summed E-state index contributed by atoms with van der Waals surface area (Å²) in [6.07, 6.45) is 2.26. The number of methoxy groups -OCH3 is 1. The molecule has 0 aliphatic carbocycles. The van der Waals surface area contributed by atoms with Crippen LogP contribution in [0.4, 0.5) is 5.69 Å². The highest BCUT2D eigenvalue weighted by Gasteiger charge is 2.20. The van der Waals surface area contributed by atoms with Crippen LogP contribution in [0.25, 0.3) is 22.5 Å². The van der Waals surface area contributed by atoms with E-state index < -0.39 is 23.3 Å². The van der Waals surface area contributed by atoms with E-state index in [1.807, 2.05) is 6.07 Å². The van der Waals surface area contributed by atoms with Gasteiger partial charge in [-0.15, -0.1) is 0 Å². The van der Waals surface area contributed by atoms with Crippen LogP contribution in [-0.2, 0) is 20.6 Å². The van der Waals surface area contributed by atoms with E-state index in [2.05, 4.69) is 20.6 Å². The molecule has 1 aromatic carbocycles. The number of benzene rings is 1. The maximum atomic E-state index is 13.0. The SMILES string of the molecule is COc1nc(-c2ccnc(-c3cccc(NC(=O)c4cn(C)c(=O)n(C)c4=O)c3Cl)c2Cl)ccc1CNCC(C)O. The molecule has 0 saturated heterocycles. The van der Waals surface area contributed by atoms with E-state index in [0.717, 1.165) is 14.7 Å². The van der Waals surface area contributed by atoms with Crippen molar-refractivity contribution in [3.63, 3.8) is 0 Å². The van der Waals surface area contributed by atoms with Crippen molar-refractivity contribution in [1.29, 1.82) is 0 Å². The molecule has 0 saturated carbocycles. The van der Waals surface area contributed by atoms with Crippen molar-refractivity contribution in [1.82, 2.24) is 24.4 Å². The lowest BCUT2D eigenvalue weighted by Crippen LogP contribution is -2.40. The number of hydrogen-bond donors (Lipinski definition) is 3. The number of anilines is 1. The first-order valence-electron chi connectivity index (χ1n) is 12.5. The maximum absolute atomic E-state index is 13.0. The van der Waals surface area contributed by atoms with Crippen LogP contribution in [0.3, 0.4) is 0 Å². The van der Waals surface area contributed by atoms with Gasteiger partial charge in [0.05, 0.1) is 40.3 Å². The van der Waals surface area contributed by atoms with Crippen LogP contribution in [-0.4, -0.2) is 49.9 Å². The Balaban J connectivity index is 1.67. The molecule has 0 radical (unpaired) electrons. The van der Waals surface area contributed by atoms with Crippen LogP contribution in [0, 0.1) is 0 Å². The number of hydrogen-bond acceptors (Lipinski definition) is 8. The van der Waals surface area contributed by atoms with Crippen molar-refractivity contribution < 1.29 is 14.6 Å². The summed E-state index contributed by atoms with van der Waals surface area (Å²) in [4.78, 5) is 46.5. The number of aliphatic hydroxyl groups is 1. The van der Waals surface area contributed by atoms with Crippen molar-refractivity contribution in [3.05, 3.63) is 90.8 Å². The molecular weight excluding hydrogens is 571 g/mol. The number of nitrogens with one attached hydrogen (secondary N) is 2. The summed E-state index contributed by atoms with van der Waals surface area (Å²) in [7, 11) is 4.26. The van der Waals surface area contributed by atoms with Gasteiger partial charge in [0.1, 0.15) is 5.56 Å². The van der Waals surface area contributed by atoms with E-state index in [-0.39, 0.29) is 21.3 Å². The van der Waals surface area contributed by atoms with Gasteiger partial charge < -0.3 is 25.0 Å². The molecule has 1 atom stereocenters. The van der Waals surface area contributed by atoms with Gasteiger partial charge in [-0.3, -0.25) is 19.1 Å². The van der Waals surface area contributed by atoms with Crippen LogP contribution in [0.5, 0.6) is 5.88 Å². The van der Waals surface area contributed by atoms with Gasteiger partial charge in [-0.1, -0.05) is 41.4 Å². The Bertz CT molecular complexity index is 1730. The molecule has 0 aliphatic rings. The lowest BCUT2D eigenvalue weighted by Gasteiger charge is -2.15. The van der Waals surface area contributed by atoms with Crippen LogP contribution >= 0.6 is 23.2 Å². The normalized spacial score (nSPS) is 11.8. The molecule has 3 aromatic heterocycles. The number of carbonyl (C=O) groups excluding carboxylic acids is 1. The highest BCUT2D eigenvalue weighted by atomic mass is 35.5. The van der Waals surface area contributed by atoms with E-state index >= 15 is 0 Å². The Labute approximate surface area is 245 Å². The smallest absolute Gasteiger partial charge is 0.330 e. The van der Waals surface area contributed by atoms with Crippen LogP contribution in [0.15, 0.2) is 58.4 Å². The molecule has 4 rings (SSSR count). The average molecular weight is 599 g/mol. The first-order valence-corrected chi connectivity index (χ1v) is 13.2. The quantitative estimate of drug-likeness (QED) is 0.267. The molecule has 0 aliphatic heterocycles. The van der Waals surface area contributed by atoms with Crippen LogP contribution in [0.1, 0.15) is 22.8 Å². The molecule has 41 heavy (non-hydrogen) atoms. The van der Waals surface area contributed by atoms with Crippen molar-refractivity contribution in [2.45, 2.75) is 19.6 Å². The largest absolute Gasteiger partial charge is 0.481 e. The van der Waals surface area contributed by atoms with E-state index in [4.69, 9.17) is 27.9 Å². The molecule has 11 nitrogen and oxygen atoms in total. The summed E-state index contributed by atoms with van der Waals surface area (Å²) in [5, 5.41) is 15.7. The molecule has 0 fully saturated rings. The zero-order valence-corrected chi connectivity index (χ0v) is 24.2. The fraction of sp³-hybridized carbons (Fsp3) is 0.250. The summed E-state index contributed by atoms with van der Waals surface area (Å²) in [5.41, 5.74) is 1.44. The number of pyridine rings is 2. The van der Waals surface area contributed by atoms with E-state index in [1.54, 1.807) is 43.5 Å². The minimum Gasteiger partial charge on any atom is -0.481 e. The Morgan fingerprint density at radius 3 is 2.56 bits per heavy atom. The number of ether oxygens (including phenoxy) is 1. The van der Waals surface area contributed by atoms with Gasteiger partial charge in [0.2, 0.25) is 5.88 Å². The molecule has 0 bridgehead atoms. The molecule has 214 valence electrons. The fourth-order valence-electron chi connectivity index (χ4n) is 4.14. The predicted molar refractivity (Wildman–Crippen MR) is 158 cm³/mol. The summed E-state index contributed by atoms with van der Waals surface area (Å²) in [6, 6.07) is 10.3. The molecule has 1 unspecified atom stereocenters. The molecule has 13 heteroatoms. The number of rotatable bonds is 9. The van der Waals surface area contributed by atoms with Gasteiger partial charge in [0.15, 0.2) is 0 Å². The summed E-state index contributed by atoms with van der Waals surface area (Å²) < 4.78 is 7.48. The van der Waals surface area contributed by atoms with Crippen LogP contribution in [0.2, 0.25) is 10.0 Å². The highest BCUT2D eigenvalue weighted by molar-refractivity contribution is 6.39. The Morgan fingerprint density at radius 1 is 1.10 bits per heavy atom. The predicted octanol–water partition coefficient (Wildman–Crippen LogP) is 3.25. The van der Waals surface area contributed by atoms with Crippen molar-refractivity contribution in [3.8, 4) is 28.4 Å². The van der Waals surface area contributed by atoms with Gasteiger partial charge in [-0.2, -0.15) is 0 Å². The lowest BCUT2D eigenvalue weighted by molar-refractivity contribution is 0.102. The van der Waals surface area contributed by atoms with Gasteiger partial charge in [0.25, 0.3) is 11.5 Å². The number of aromatic nitrogens is 4. The van der Waals surface area contributed by atoms with Crippen molar-refractivity contribution in [2.75, 3.05) is 19.0 Å². The molecule has 0 spiro atoms. The molecule has 3 heterocycles. The third kappa shape index (κ3) is 6.33. The number of aliphatic hydroxyl groups excluding tert-OH is 1. The molecule has 1 amide bonds. The van der Waals surface area contributed by atoms with E-state index in [9.17, 15) is 19.5 Å². The first kappa shape index (κ1) is 29.9.